The molecule has 0 aliphatic heterocycles. The molecule has 1 unspecified atom stereocenters. The van der Waals surface area contributed by atoms with Crippen molar-refractivity contribution in [1.82, 2.24) is 5.32 Å². The molecule has 2 heterocycles. The van der Waals surface area contributed by atoms with Crippen molar-refractivity contribution in [1.29, 1.82) is 0 Å². The van der Waals surface area contributed by atoms with E-state index in [0.717, 1.165) is 17.1 Å². The fraction of sp³-hybridized carbons (Fsp3) is 0.208. The Kier molecular flexibility index (Phi) is 7.16. The van der Waals surface area contributed by atoms with Gasteiger partial charge in [0.2, 0.25) is 0 Å². The molecule has 0 radical (unpaired) electrons. The molecule has 0 aliphatic carbocycles. The molecule has 0 aliphatic rings. The summed E-state index contributed by atoms with van der Waals surface area (Å²) in [6, 6.07) is 12.4. The third-order valence-corrected chi connectivity index (χ3v) is 4.51. The van der Waals surface area contributed by atoms with Gasteiger partial charge in [-0.15, -0.1) is 6.58 Å². The molecule has 1 amide bonds. The molecule has 0 fully saturated rings. The topological polar surface area (TPSA) is 73.8 Å². The van der Waals surface area contributed by atoms with Crippen molar-refractivity contribution in [3.63, 3.8) is 0 Å². The Labute approximate surface area is 175 Å². The number of hydrogen-bond acceptors (Lipinski definition) is 5. The first-order valence-corrected chi connectivity index (χ1v) is 9.56. The Balaban J connectivity index is 1.68. The zero-order valence-corrected chi connectivity index (χ0v) is 17.1. The molecule has 3 aromatic rings. The van der Waals surface area contributed by atoms with E-state index in [4.69, 9.17) is 18.3 Å². The lowest BCUT2D eigenvalue weighted by molar-refractivity contribution is 0.0915. The Hall–Kier alpha value is -3.67. The summed E-state index contributed by atoms with van der Waals surface area (Å²) in [4.78, 5) is 12.6. The molecule has 6 nitrogen and oxygen atoms in total. The van der Waals surface area contributed by atoms with Gasteiger partial charge in [-0.1, -0.05) is 12.2 Å². The Morgan fingerprint density at radius 1 is 1.20 bits per heavy atom. The van der Waals surface area contributed by atoms with Crippen LogP contribution in [0.15, 0.2) is 76.3 Å². The van der Waals surface area contributed by atoms with Crippen LogP contribution in [-0.4, -0.2) is 26.2 Å². The van der Waals surface area contributed by atoms with Crippen LogP contribution < -0.4 is 14.8 Å². The van der Waals surface area contributed by atoms with Crippen LogP contribution >= 0.6 is 0 Å². The Morgan fingerprint density at radius 2 is 2.07 bits per heavy atom. The highest BCUT2D eigenvalue weighted by atomic mass is 16.5. The maximum Gasteiger partial charge on any atom is 0.287 e. The van der Waals surface area contributed by atoms with E-state index < -0.39 is 0 Å². The number of benzene rings is 1. The van der Waals surface area contributed by atoms with Crippen molar-refractivity contribution in [2.45, 2.75) is 18.9 Å². The van der Waals surface area contributed by atoms with Gasteiger partial charge in [0, 0.05) is 12.0 Å². The number of rotatable bonds is 10. The minimum Gasteiger partial charge on any atom is -0.497 e. The third-order valence-electron chi connectivity index (χ3n) is 4.51. The van der Waals surface area contributed by atoms with E-state index in [2.05, 4.69) is 11.9 Å². The molecular weight excluding hydrogens is 382 g/mol. The van der Waals surface area contributed by atoms with Gasteiger partial charge in [0.1, 0.15) is 23.0 Å². The van der Waals surface area contributed by atoms with Crippen LogP contribution in [0.4, 0.5) is 0 Å². The summed E-state index contributed by atoms with van der Waals surface area (Å²) in [6.45, 7) is 3.75. The van der Waals surface area contributed by atoms with Crippen molar-refractivity contribution in [3.8, 4) is 11.5 Å². The summed E-state index contributed by atoms with van der Waals surface area (Å²) in [5.41, 5.74) is 0.907. The molecule has 2 aromatic heterocycles. The SMILES string of the molecule is C=CCC(/C=C/c1ccco1)NC(=O)c1ccc(Cc2cc(OC)ccc2OC)o1. The van der Waals surface area contributed by atoms with Gasteiger partial charge in [-0.3, -0.25) is 4.79 Å². The highest BCUT2D eigenvalue weighted by Gasteiger charge is 2.16. The predicted octanol–water partition coefficient (Wildman–Crippen LogP) is 4.87. The van der Waals surface area contributed by atoms with Gasteiger partial charge in [-0.2, -0.15) is 0 Å². The van der Waals surface area contributed by atoms with E-state index >= 15 is 0 Å². The fourth-order valence-electron chi connectivity index (χ4n) is 3.00. The van der Waals surface area contributed by atoms with Crippen LogP contribution in [0.1, 0.15) is 34.1 Å². The minimum absolute atomic E-state index is 0.230. The van der Waals surface area contributed by atoms with E-state index in [1.54, 1.807) is 38.7 Å². The molecule has 6 heteroatoms. The standard InChI is InChI=1S/C24H25NO5/c1-4-6-18(8-9-19-7-5-14-29-19)25-24(26)23-13-11-21(30-23)16-17-15-20(27-2)10-12-22(17)28-3/h4-5,7-15,18H,1,6,16H2,2-3H3,(H,25,26)/b9-8+. The van der Waals surface area contributed by atoms with Crippen LogP contribution in [0.3, 0.4) is 0 Å². The number of methoxy groups -OCH3 is 2. The van der Waals surface area contributed by atoms with Gasteiger partial charge in [0.05, 0.1) is 26.5 Å². The zero-order chi connectivity index (χ0) is 21.3. The van der Waals surface area contributed by atoms with Crippen LogP contribution in [0, 0.1) is 0 Å². The van der Waals surface area contributed by atoms with Gasteiger partial charge < -0.3 is 23.6 Å². The van der Waals surface area contributed by atoms with Crippen molar-refractivity contribution >= 4 is 12.0 Å². The number of carbonyl (C=O) groups excluding carboxylic acids is 1. The van der Waals surface area contributed by atoms with Gasteiger partial charge >= 0.3 is 0 Å². The van der Waals surface area contributed by atoms with Crippen LogP contribution in [-0.2, 0) is 6.42 Å². The molecule has 0 saturated heterocycles. The van der Waals surface area contributed by atoms with Crippen LogP contribution in [0.5, 0.6) is 11.5 Å². The predicted molar refractivity (Wildman–Crippen MR) is 115 cm³/mol. The minimum atomic E-state index is -0.296. The summed E-state index contributed by atoms with van der Waals surface area (Å²) < 4.78 is 21.7. The van der Waals surface area contributed by atoms with E-state index in [-0.39, 0.29) is 17.7 Å². The lowest BCUT2D eigenvalue weighted by atomic mass is 10.1. The lowest BCUT2D eigenvalue weighted by Crippen LogP contribution is -2.32. The number of furan rings is 2. The number of ether oxygens (including phenoxy) is 2. The van der Waals surface area contributed by atoms with E-state index in [1.807, 2.05) is 42.5 Å². The molecule has 1 N–H and O–H groups in total. The Morgan fingerprint density at radius 3 is 2.77 bits per heavy atom. The normalized spacial score (nSPS) is 11.9. The molecular formula is C24H25NO5. The van der Waals surface area contributed by atoms with Crippen molar-refractivity contribution in [3.05, 3.63) is 90.3 Å². The van der Waals surface area contributed by atoms with Crippen molar-refractivity contribution in [2.24, 2.45) is 0 Å². The molecule has 1 aromatic carbocycles. The summed E-state index contributed by atoms with van der Waals surface area (Å²) >= 11 is 0. The second-order valence-electron chi connectivity index (χ2n) is 6.60. The smallest absolute Gasteiger partial charge is 0.287 e. The number of amides is 1. The number of carbonyl (C=O) groups is 1. The molecule has 156 valence electrons. The number of nitrogens with one attached hydrogen (secondary N) is 1. The van der Waals surface area contributed by atoms with Gasteiger partial charge in [-0.25, -0.2) is 0 Å². The van der Waals surface area contributed by atoms with E-state index in [9.17, 15) is 4.79 Å². The van der Waals surface area contributed by atoms with Gasteiger partial charge in [-0.05, 0) is 55.0 Å². The van der Waals surface area contributed by atoms with E-state index in [1.165, 1.54) is 0 Å². The zero-order valence-electron chi connectivity index (χ0n) is 17.1. The van der Waals surface area contributed by atoms with Gasteiger partial charge in [0.25, 0.3) is 5.91 Å². The van der Waals surface area contributed by atoms with Crippen LogP contribution in [0.25, 0.3) is 6.08 Å². The molecule has 0 bridgehead atoms. The summed E-state index contributed by atoms with van der Waals surface area (Å²) in [5, 5.41) is 2.94. The van der Waals surface area contributed by atoms with Crippen molar-refractivity contribution < 1.29 is 23.1 Å². The molecule has 30 heavy (non-hydrogen) atoms. The van der Waals surface area contributed by atoms with Crippen molar-refractivity contribution in [2.75, 3.05) is 14.2 Å². The number of hydrogen-bond donors (Lipinski definition) is 1. The monoisotopic (exact) mass is 407 g/mol. The first-order valence-electron chi connectivity index (χ1n) is 9.56. The first-order chi connectivity index (χ1) is 14.6. The second-order valence-corrected chi connectivity index (χ2v) is 6.60. The summed E-state index contributed by atoms with van der Waals surface area (Å²) in [6.07, 6.45) is 8.09. The highest BCUT2D eigenvalue weighted by molar-refractivity contribution is 5.91. The summed E-state index contributed by atoms with van der Waals surface area (Å²) in [7, 11) is 3.23. The van der Waals surface area contributed by atoms with Gasteiger partial charge in [0.15, 0.2) is 5.76 Å². The lowest BCUT2D eigenvalue weighted by Gasteiger charge is -2.12. The maximum atomic E-state index is 12.6. The molecule has 0 spiro atoms. The average molecular weight is 407 g/mol. The second kappa shape index (κ2) is 10.2. The molecule has 1 atom stereocenters. The first kappa shape index (κ1) is 21.0. The molecule has 0 saturated carbocycles. The third kappa shape index (κ3) is 5.44. The Bertz CT molecular complexity index is 1000. The molecule has 3 rings (SSSR count). The van der Waals surface area contributed by atoms with Crippen LogP contribution in [0.2, 0.25) is 0 Å². The largest absolute Gasteiger partial charge is 0.497 e. The summed E-state index contributed by atoms with van der Waals surface area (Å²) in [5.74, 6) is 2.77. The fourth-order valence-corrected chi connectivity index (χ4v) is 3.00. The maximum absolute atomic E-state index is 12.6. The average Bonchev–Trinajstić information content (AvgIpc) is 3.44. The highest BCUT2D eigenvalue weighted by Crippen LogP contribution is 2.27. The van der Waals surface area contributed by atoms with E-state index in [0.29, 0.717) is 24.4 Å². The quantitative estimate of drug-likeness (QED) is 0.486.